The van der Waals surface area contributed by atoms with Crippen LogP contribution in [0.4, 0.5) is 18.9 Å². The van der Waals surface area contributed by atoms with E-state index in [1.54, 1.807) is 6.92 Å². The third-order valence-electron chi connectivity index (χ3n) is 2.25. The van der Waals surface area contributed by atoms with Gasteiger partial charge < -0.3 is 15.2 Å². The third kappa shape index (κ3) is 5.50. The first-order chi connectivity index (χ1) is 8.81. The van der Waals surface area contributed by atoms with Crippen LogP contribution in [0, 0.1) is 0 Å². The molecular weight excluding hydrogens is 263 g/mol. The summed E-state index contributed by atoms with van der Waals surface area (Å²) in [6.07, 6.45) is -4.33. The summed E-state index contributed by atoms with van der Waals surface area (Å²) in [6, 6.07) is 3.63. The molecule has 106 valence electrons. The van der Waals surface area contributed by atoms with Crippen LogP contribution < -0.4 is 10.5 Å². The predicted octanol–water partition coefficient (Wildman–Crippen LogP) is 2.66. The van der Waals surface area contributed by atoms with Crippen molar-refractivity contribution in [2.24, 2.45) is 0 Å². The number of alkyl halides is 3. The minimum Gasteiger partial charge on any atom is -0.466 e. The molecule has 4 nitrogen and oxygen atoms in total. The van der Waals surface area contributed by atoms with Gasteiger partial charge in [0.15, 0.2) is 0 Å². The lowest BCUT2D eigenvalue weighted by Gasteiger charge is -2.11. The first-order valence-corrected chi connectivity index (χ1v) is 5.61. The predicted molar refractivity (Wildman–Crippen MR) is 62.5 cm³/mol. The molecule has 1 aromatic carbocycles. The fourth-order valence-corrected chi connectivity index (χ4v) is 1.47. The molecule has 1 rings (SSSR count). The number of esters is 1. The molecular formula is C12H14F3NO3. The summed E-state index contributed by atoms with van der Waals surface area (Å²) in [7, 11) is 0. The van der Waals surface area contributed by atoms with E-state index in [1.807, 2.05) is 0 Å². The zero-order valence-corrected chi connectivity index (χ0v) is 10.3. The highest BCUT2D eigenvalue weighted by Gasteiger charge is 2.31. The van der Waals surface area contributed by atoms with Crippen molar-refractivity contribution in [1.82, 2.24) is 0 Å². The van der Waals surface area contributed by atoms with Crippen molar-refractivity contribution in [2.75, 3.05) is 12.3 Å². The summed E-state index contributed by atoms with van der Waals surface area (Å²) in [4.78, 5) is 11.1. The smallest absolute Gasteiger partial charge is 0.466 e. The molecule has 0 fully saturated rings. The van der Waals surface area contributed by atoms with Crippen LogP contribution in [-0.2, 0) is 16.0 Å². The summed E-state index contributed by atoms with van der Waals surface area (Å²) in [5.41, 5.74) is 6.32. The number of hydrogen-bond acceptors (Lipinski definition) is 4. The van der Waals surface area contributed by atoms with Gasteiger partial charge in [-0.05, 0) is 25.0 Å². The van der Waals surface area contributed by atoms with Gasteiger partial charge in [-0.1, -0.05) is 6.07 Å². The summed E-state index contributed by atoms with van der Waals surface area (Å²) in [5.74, 6) is -0.762. The van der Waals surface area contributed by atoms with Gasteiger partial charge in [-0.15, -0.1) is 13.2 Å². The van der Waals surface area contributed by atoms with E-state index in [0.717, 1.165) is 12.1 Å². The van der Waals surface area contributed by atoms with Gasteiger partial charge >= 0.3 is 12.3 Å². The van der Waals surface area contributed by atoms with E-state index < -0.39 is 6.36 Å². The zero-order valence-electron chi connectivity index (χ0n) is 10.3. The third-order valence-corrected chi connectivity index (χ3v) is 2.25. The molecule has 1 aromatic rings. The van der Waals surface area contributed by atoms with Gasteiger partial charge in [0, 0.05) is 18.2 Å². The molecule has 0 amide bonds. The van der Waals surface area contributed by atoms with Crippen molar-refractivity contribution in [3.8, 4) is 5.75 Å². The Labute approximate surface area is 108 Å². The number of rotatable bonds is 5. The van der Waals surface area contributed by atoms with Crippen molar-refractivity contribution in [3.05, 3.63) is 23.8 Å². The van der Waals surface area contributed by atoms with E-state index in [1.165, 1.54) is 6.07 Å². The van der Waals surface area contributed by atoms with E-state index in [9.17, 15) is 18.0 Å². The molecule has 0 spiro atoms. The normalized spacial score (nSPS) is 11.2. The fourth-order valence-electron chi connectivity index (χ4n) is 1.47. The molecule has 0 atom stereocenters. The van der Waals surface area contributed by atoms with Gasteiger partial charge in [0.05, 0.1) is 6.61 Å². The number of hydrogen-bond donors (Lipinski definition) is 1. The lowest BCUT2D eigenvalue weighted by atomic mass is 10.1. The number of aryl methyl sites for hydroxylation is 1. The van der Waals surface area contributed by atoms with Gasteiger partial charge in [0.25, 0.3) is 0 Å². The molecule has 0 saturated heterocycles. The maximum absolute atomic E-state index is 12.0. The second-order valence-corrected chi connectivity index (χ2v) is 3.71. The number of halogens is 3. The summed E-state index contributed by atoms with van der Waals surface area (Å²) in [5, 5.41) is 0. The number of carbonyl (C=O) groups excluding carboxylic acids is 1. The molecule has 0 radical (unpaired) electrons. The highest BCUT2D eigenvalue weighted by atomic mass is 19.4. The van der Waals surface area contributed by atoms with Gasteiger partial charge in [-0.3, -0.25) is 4.79 Å². The largest absolute Gasteiger partial charge is 0.573 e. The van der Waals surface area contributed by atoms with E-state index in [4.69, 9.17) is 10.5 Å². The molecule has 0 aliphatic rings. The van der Waals surface area contributed by atoms with Crippen molar-refractivity contribution in [3.63, 3.8) is 0 Å². The Morgan fingerprint density at radius 1 is 1.37 bits per heavy atom. The molecule has 2 N–H and O–H groups in total. The first kappa shape index (κ1) is 15.1. The van der Waals surface area contributed by atoms with E-state index in [0.29, 0.717) is 12.0 Å². The number of anilines is 1. The van der Waals surface area contributed by atoms with Crippen LogP contribution >= 0.6 is 0 Å². The average Bonchev–Trinajstić information content (AvgIpc) is 2.26. The van der Waals surface area contributed by atoms with Crippen LogP contribution in [0.25, 0.3) is 0 Å². The van der Waals surface area contributed by atoms with Crippen molar-refractivity contribution < 1.29 is 27.4 Å². The Hall–Kier alpha value is -1.92. The topological polar surface area (TPSA) is 61.5 Å². The van der Waals surface area contributed by atoms with E-state index >= 15 is 0 Å². The van der Waals surface area contributed by atoms with Crippen LogP contribution in [0.1, 0.15) is 18.9 Å². The Balaban J connectivity index is 2.64. The Morgan fingerprint density at radius 2 is 2.05 bits per heavy atom. The highest BCUT2D eigenvalue weighted by Crippen LogP contribution is 2.26. The van der Waals surface area contributed by atoms with Crippen LogP contribution in [-0.4, -0.2) is 18.9 Å². The molecule has 0 aliphatic heterocycles. The second-order valence-electron chi connectivity index (χ2n) is 3.71. The quantitative estimate of drug-likeness (QED) is 0.664. The maximum atomic E-state index is 12.0. The van der Waals surface area contributed by atoms with Gasteiger partial charge in [0.2, 0.25) is 0 Å². The van der Waals surface area contributed by atoms with Gasteiger partial charge in [-0.25, -0.2) is 0 Å². The number of ether oxygens (including phenoxy) is 2. The number of nitrogens with two attached hydrogens (primary N) is 1. The summed E-state index contributed by atoms with van der Waals surface area (Å²) < 4.78 is 44.4. The molecule has 0 heterocycles. The Kier molecular flexibility index (Phi) is 5.02. The monoisotopic (exact) mass is 277 g/mol. The van der Waals surface area contributed by atoms with Crippen LogP contribution in [0.15, 0.2) is 18.2 Å². The standard InChI is InChI=1S/C12H14F3NO3/c1-2-18-11(17)6-4-8-3-5-9(7-10(8)16)19-12(13,14)15/h3,5,7H,2,4,6,16H2,1H3. The molecule has 0 aliphatic carbocycles. The number of nitrogen functional groups attached to an aromatic ring is 1. The molecule has 0 unspecified atom stereocenters. The average molecular weight is 277 g/mol. The van der Waals surface area contributed by atoms with Crippen LogP contribution in [0.5, 0.6) is 5.75 Å². The highest BCUT2D eigenvalue weighted by molar-refractivity contribution is 5.70. The van der Waals surface area contributed by atoms with Crippen LogP contribution in [0.2, 0.25) is 0 Å². The summed E-state index contributed by atoms with van der Waals surface area (Å²) in [6.45, 7) is 1.97. The first-order valence-electron chi connectivity index (χ1n) is 5.61. The van der Waals surface area contributed by atoms with E-state index in [-0.39, 0.29) is 30.4 Å². The van der Waals surface area contributed by atoms with E-state index in [2.05, 4.69) is 4.74 Å². The summed E-state index contributed by atoms with van der Waals surface area (Å²) >= 11 is 0. The molecule has 7 heteroatoms. The number of benzene rings is 1. The zero-order chi connectivity index (χ0) is 14.5. The van der Waals surface area contributed by atoms with Crippen molar-refractivity contribution >= 4 is 11.7 Å². The van der Waals surface area contributed by atoms with Gasteiger partial charge in [0.1, 0.15) is 5.75 Å². The molecule has 19 heavy (non-hydrogen) atoms. The molecule has 0 aromatic heterocycles. The minimum absolute atomic E-state index is 0.123. The lowest BCUT2D eigenvalue weighted by Crippen LogP contribution is -2.17. The fraction of sp³-hybridized carbons (Fsp3) is 0.417. The lowest BCUT2D eigenvalue weighted by molar-refractivity contribution is -0.274. The van der Waals surface area contributed by atoms with Crippen molar-refractivity contribution in [1.29, 1.82) is 0 Å². The second kappa shape index (κ2) is 6.31. The Morgan fingerprint density at radius 3 is 2.58 bits per heavy atom. The van der Waals surface area contributed by atoms with Gasteiger partial charge in [-0.2, -0.15) is 0 Å². The molecule has 0 bridgehead atoms. The van der Waals surface area contributed by atoms with Crippen molar-refractivity contribution in [2.45, 2.75) is 26.1 Å². The Bertz CT molecular complexity index is 446. The molecule has 0 saturated carbocycles. The minimum atomic E-state index is -4.75. The maximum Gasteiger partial charge on any atom is 0.573 e. The number of carbonyl (C=O) groups is 1. The SMILES string of the molecule is CCOC(=O)CCc1ccc(OC(F)(F)F)cc1N. The van der Waals surface area contributed by atoms with Crippen LogP contribution in [0.3, 0.4) is 0 Å².